The van der Waals surface area contributed by atoms with Gasteiger partial charge in [0.25, 0.3) is 0 Å². The van der Waals surface area contributed by atoms with E-state index >= 15 is 0 Å². The Labute approximate surface area is 105 Å². The largest absolute Gasteiger partial charge is 0.481 e. The molecule has 0 atom stereocenters. The molecule has 2 aromatic heterocycles. The molecule has 0 unspecified atom stereocenters. The minimum atomic E-state index is -0.905. The van der Waals surface area contributed by atoms with E-state index in [0.717, 1.165) is 17.3 Å². The molecule has 90 valence electrons. The summed E-state index contributed by atoms with van der Waals surface area (Å²) < 4.78 is 1.34. The summed E-state index contributed by atoms with van der Waals surface area (Å²) in [5, 5.41) is 20.8. The van der Waals surface area contributed by atoms with E-state index in [2.05, 4.69) is 10.2 Å². The normalized spacial score (nSPS) is 10.6. The van der Waals surface area contributed by atoms with E-state index in [1.807, 2.05) is 16.8 Å². The number of carboxylic acids is 1. The van der Waals surface area contributed by atoms with Gasteiger partial charge in [0.15, 0.2) is 5.82 Å². The van der Waals surface area contributed by atoms with Gasteiger partial charge in [-0.25, -0.2) is 4.68 Å². The van der Waals surface area contributed by atoms with Crippen LogP contribution >= 0.6 is 23.1 Å². The Balaban J connectivity index is 2.07. The van der Waals surface area contributed by atoms with Crippen molar-refractivity contribution in [1.82, 2.24) is 14.9 Å². The van der Waals surface area contributed by atoms with E-state index in [0.29, 0.717) is 17.4 Å². The number of hydrogen-bond acceptors (Lipinski definition) is 6. The second kappa shape index (κ2) is 5.19. The summed E-state index contributed by atoms with van der Waals surface area (Å²) in [7, 11) is 0. The lowest BCUT2D eigenvalue weighted by Crippen LogP contribution is -2.14. The zero-order valence-electron chi connectivity index (χ0n) is 8.74. The maximum atomic E-state index is 10.4. The summed E-state index contributed by atoms with van der Waals surface area (Å²) in [6.07, 6.45) is 0.598. The Morgan fingerprint density at radius 1 is 1.59 bits per heavy atom. The molecule has 0 radical (unpaired) electrons. The smallest absolute Gasteiger partial charge is 0.313 e. The molecule has 3 N–H and O–H groups in total. The van der Waals surface area contributed by atoms with Crippen LogP contribution < -0.4 is 5.84 Å². The van der Waals surface area contributed by atoms with Gasteiger partial charge in [-0.05, 0) is 22.4 Å². The van der Waals surface area contributed by atoms with Crippen LogP contribution in [0.3, 0.4) is 0 Å². The van der Waals surface area contributed by atoms with Crippen LogP contribution in [0.1, 0.15) is 11.4 Å². The molecular formula is C9H10N4O2S2. The van der Waals surface area contributed by atoms with Crippen molar-refractivity contribution in [2.75, 3.05) is 11.6 Å². The molecule has 0 aliphatic rings. The lowest BCUT2D eigenvalue weighted by molar-refractivity contribution is -0.133. The summed E-state index contributed by atoms with van der Waals surface area (Å²) in [5.74, 6) is 5.43. The Bertz CT molecular complexity index is 509. The molecule has 0 bridgehead atoms. The lowest BCUT2D eigenvalue weighted by Gasteiger charge is -2.01. The summed E-state index contributed by atoms with van der Waals surface area (Å²) in [5.41, 5.74) is 1.11. The molecule has 2 aromatic rings. The predicted molar refractivity (Wildman–Crippen MR) is 65.7 cm³/mol. The number of nitrogens with two attached hydrogens (primary N) is 1. The summed E-state index contributed by atoms with van der Waals surface area (Å²) >= 11 is 2.66. The Kier molecular flexibility index (Phi) is 3.64. The van der Waals surface area contributed by atoms with Crippen LogP contribution in [0, 0.1) is 0 Å². The third-order valence-electron chi connectivity index (χ3n) is 2.00. The first-order valence-electron chi connectivity index (χ1n) is 4.72. The second-order valence-electron chi connectivity index (χ2n) is 3.26. The Morgan fingerprint density at radius 2 is 2.41 bits per heavy atom. The zero-order valence-corrected chi connectivity index (χ0v) is 10.4. The highest BCUT2D eigenvalue weighted by Crippen LogP contribution is 2.16. The summed E-state index contributed by atoms with van der Waals surface area (Å²) in [6, 6.07) is 1.99. The third-order valence-corrected chi connectivity index (χ3v) is 3.66. The van der Waals surface area contributed by atoms with Crippen molar-refractivity contribution < 1.29 is 9.90 Å². The standard InChI is InChI=1S/C9H10N4O2S2/c10-13-7(3-6-1-2-16-4-6)11-12-9(13)17-5-8(14)15/h1-2,4H,3,5,10H2,(H,14,15). The lowest BCUT2D eigenvalue weighted by atomic mass is 10.2. The van der Waals surface area contributed by atoms with Crippen molar-refractivity contribution >= 4 is 29.1 Å². The Morgan fingerprint density at radius 3 is 3.06 bits per heavy atom. The molecule has 0 spiro atoms. The third kappa shape index (κ3) is 2.98. The van der Waals surface area contributed by atoms with Crippen molar-refractivity contribution in [2.45, 2.75) is 11.6 Å². The highest BCUT2D eigenvalue weighted by atomic mass is 32.2. The monoisotopic (exact) mass is 270 g/mol. The van der Waals surface area contributed by atoms with E-state index in [1.165, 1.54) is 4.68 Å². The Hall–Kier alpha value is -1.54. The van der Waals surface area contributed by atoms with Gasteiger partial charge in [0.1, 0.15) is 0 Å². The topological polar surface area (TPSA) is 94.0 Å². The van der Waals surface area contributed by atoms with Crippen molar-refractivity contribution in [1.29, 1.82) is 0 Å². The van der Waals surface area contributed by atoms with Crippen molar-refractivity contribution in [3.63, 3.8) is 0 Å². The number of nitrogen functional groups attached to an aromatic ring is 1. The molecule has 8 heteroatoms. The number of nitrogens with zero attached hydrogens (tertiary/aromatic N) is 3. The average Bonchev–Trinajstić information content (AvgIpc) is 2.89. The maximum Gasteiger partial charge on any atom is 0.313 e. The van der Waals surface area contributed by atoms with Crippen LogP contribution in [-0.2, 0) is 11.2 Å². The van der Waals surface area contributed by atoms with Gasteiger partial charge in [0, 0.05) is 6.42 Å². The summed E-state index contributed by atoms with van der Waals surface area (Å²) in [6.45, 7) is 0. The minimum Gasteiger partial charge on any atom is -0.481 e. The van der Waals surface area contributed by atoms with Gasteiger partial charge in [-0.1, -0.05) is 11.8 Å². The molecule has 0 aliphatic heterocycles. The van der Waals surface area contributed by atoms with Crippen molar-refractivity contribution in [2.24, 2.45) is 0 Å². The zero-order chi connectivity index (χ0) is 12.3. The van der Waals surface area contributed by atoms with Crippen molar-refractivity contribution in [3.8, 4) is 0 Å². The number of aliphatic carboxylic acids is 1. The van der Waals surface area contributed by atoms with E-state index in [9.17, 15) is 4.79 Å². The number of hydrogen-bond donors (Lipinski definition) is 2. The first-order chi connectivity index (χ1) is 8.16. The fourth-order valence-corrected chi connectivity index (χ4v) is 2.49. The first kappa shape index (κ1) is 11.9. The number of thiophene rings is 1. The molecule has 6 nitrogen and oxygen atoms in total. The molecule has 17 heavy (non-hydrogen) atoms. The fraction of sp³-hybridized carbons (Fsp3) is 0.222. The van der Waals surface area contributed by atoms with Gasteiger partial charge in [0.05, 0.1) is 5.75 Å². The average molecular weight is 270 g/mol. The van der Waals surface area contributed by atoms with Gasteiger partial charge in [-0.15, -0.1) is 10.2 Å². The molecule has 2 rings (SSSR count). The van der Waals surface area contributed by atoms with Crippen LogP contribution in [0.25, 0.3) is 0 Å². The molecule has 0 fully saturated rings. The number of carboxylic acid groups (broad SMARTS) is 1. The molecule has 0 saturated carbocycles. The molecule has 0 aromatic carbocycles. The van der Waals surface area contributed by atoms with Crippen LogP contribution in [0.15, 0.2) is 22.0 Å². The van der Waals surface area contributed by atoms with Crippen molar-refractivity contribution in [3.05, 3.63) is 28.2 Å². The highest BCUT2D eigenvalue weighted by Gasteiger charge is 2.12. The first-order valence-corrected chi connectivity index (χ1v) is 6.64. The van der Waals surface area contributed by atoms with E-state index in [-0.39, 0.29) is 5.75 Å². The number of carbonyl (C=O) groups is 1. The van der Waals surface area contributed by atoms with Crippen LogP contribution in [0.2, 0.25) is 0 Å². The molecular weight excluding hydrogens is 260 g/mol. The van der Waals surface area contributed by atoms with Crippen LogP contribution in [0.4, 0.5) is 0 Å². The van der Waals surface area contributed by atoms with Gasteiger partial charge >= 0.3 is 5.97 Å². The van der Waals surface area contributed by atoms with Gasteiger partial charge in [0.2, 0.25) is 5.16 Å². The number of rotatable bonds is 5. The second-order valence-corrected chi connectivity index (χ2v) is 4.98. The molecule has 0 aliphatic carbocycles. The highest BCUT2D eigenvalue weighted by molar-refractivity contribution is 7.99. The number of thioether (sulfide) groups is 1. The number of aromatic nitrogens is 3. The summed E-state index contributed by atoms with van der Waals surface area (Å²) in [4.78, 5) is 10.4. The van der Waals surface area contributed by atoms with E-state index in [1.54, 1.807) is 11.3 Å². The van der Waals surface area contributed by atoms with E-state index in [4.69, 9.17) is 10.9 Å². The molecule has 0 saturated heterocycles. The van der Waals surface area contributed by atoms with Gasteiger partial charge in [-0.2, -0.15) is 11.3 Å². The van der Waals surface area contributed by atoms with Gasteiger partial charge < -0.3 is 10.9 Å². The predicted octanol–water partition coefficient (Wildman–Crippen LogP) is 0.821. The SMILES string of the molecule is Nn1c(Cc2ccsc2)nnc1SCC(=O)O. The van der Waals surface area contributed by atoms with Gasteiger partial charge in [-0.3, -0.25) is 4.79 Å². The van der Waals surface area contributed by atoms with Crippen LogP contribution in [0.5, 0.6) is 0 Å². The minimum absolute atomic E-state index is 0.0756. The fourth-order valence-electron chi connectivity index (χ4n) is 1.23. The molecule has 0 amide bonds. The van der Waals surface area contributed by atoms with E-state index < -0.39 is 5.97 Å². The quantitative estimate of drug-likeness (QED) is 0.617. The van der Waals surface area contributed by atoms with Crippen LogP contribution in [-0.4, -0.2) is 31.7 Å². The molecule has 2 heterocycles. The maximum absolute atomic E-state index is 10.4.